The molecule has 3 atom stereocenters. The predicted molar refractivity (Wildman–Crippen MR) is 144 cm³/mol. The van der Waals surface area contributed by atoms with Crippen LogP contribution in [0.25, 0.3) is 5.69 Å². The van der Waals surface area contributed by atoms with E-state index in [1.165, 1.54) is 12.1 Å². The fourth-order valence-electron chi connectivity index (χ4n) is 4.59. The van der Waals surface area contributed by atoms with E-state index in [1.54, 1.807) is 41.5 Å². The number of aromatic nitrogens is 2. The number of urea groups is 1. The maximum absolute atomic E-state index is 13.0. The monoisotopic (exact) mass is 552 g/mol. The normalized spacial score (nSPS) is 20.4. The third-order valence-corrected chi connectivity index (χ3v) is 6.77. The number of benzene rings is 2. The van der Waals surface area contributed by atoms with Crippen LogP contribution in [0.2, 0.25) is 0 Å². The molecule has 40 heavy (non-hydrogen) atoms. The Kier molecular flexibility index (Phi) is 7.69. The van der Waals surface area contributed by atoms with Gasteiger partial charge in [0, 0.05) is 48.1 Å². The first-order valence-electron chi connectivity index (χ1n) is 12.7. The summed E-state index contributed by atoms with van der Waals surface area (Å²) in [7, 11) is 0. The maximum atomic E-state index is 13.0. The van der Waals surface area contributed by atoms with Crippen LogP contribution in [0.5, 0.6) is 0 Å². The van der Waals surface area contributed by atoms with Gasteiger partial charge in [-0.25, -0.2) is 9.48 Å². The average molecular weight is 553 g/mol. The first-order valence-corrected chi connectivity index (χ1v) is 12.7. The first-order chi connectivity index (χ1) is 19.2. The van der Waals surface area contributed by atoms with Gasteiger partial charge in [-0.15, -0.1) is 0 Å². The Morgan fingerprint density at radius 3 is 2.65 bits per heavy atom. The van der Waals surface area contributed by atoms with Crippen LogP contribution in [-0.4, -0.2) is 47.2 Å². The largest absolute Gasteiger partial charge is 0.416 e. The van der Waals surface area contributed by atoms with Crippen molar-refractivity contribution in [1.29, 1.82) is 0 Å². The molecule has 12 heteroatoms. The molecule has 2 aromatic carbocycles. The number of nitrogens with one attached hydrogen (secondary N) is 3. The molecule has 2 aliphatic heterocycles. The lowest BCUT2D eigenvalue weighted by molar-refractivity contribution is -0.137. The van der Waals surface area contributed by atoms with E-state index in [2.05, 4.69) is 26.0 Å². The van der Waals surface area contributed by atoms with E-state index in [-0.39, 0.29) is 29.5 Å². The summed E-state index contributed by atoms with van der Waals surface area (Å²) in [5.41, 5.74) is 1.98. The quantitative estimate of drug-likeness (QED) is 0.398. The number of aryl methyl sites for hydroxylation is 1. The fraction of sp³-hybridized carbons (Fsp3) is 0.286. The van der Waals surface area contributed by atoms with Gasteiger partial charge in [-0.3, -0.25) is 9.79 Å². The van der Waals surface area contributed by atoms with Crippen molar-refractivity contribution in [2.45, 2.75) is 31.5 Å². The van der Waals surface area contributed by atoms with Crippen molar-refractivity contribution in [3.63, 3.8) is 0 Å². The van der Waals surface area contributed by atoms with Gasteiger partial charge in [-0.2, -0.15) is 18.3 Å². The van der Waals surface area contributed by atoms with Crippen LogP contribution in [0, 0.1) is 12.8 Å². The molecule has 1 fully saturated rings. The number of amides is 3. The standard InChI is InChI=1S/C28H27F3N6O3/c1-17-5-6-22(35-27(39)34-21-4-2-3-20(11-21)28(29,30)31)12-25(17)37-15-19(13-33-37)23-14-32-9-7-24(23)36-26(38)18-8-10-40-16-18/h2-7,9,11-15,18,23-24H,8,10,16H2,1H3,(H,36,38)(H2,34,35,39). The molecule has 208 valence electrons. The molecule has 3 unspecified atom stereocenters. The van der Waals surface area contributed by atoms with Crippen molar-refractivity contribution in [3.05, 3.63) is 83.8 Å². The van der Waals surface area contributed by atoms with Gasteiger partial charge in [0.15, 0.2) is 0 Å². The molecule has 0 spiro atoms. The number of aliphatic imine (C=N–C) groups is 1. The van der Waals surface area contributed by atoms with Crippen LogP contribution >= 0.6 is 0 Å². The molecule has 9 nitrogen and oxygen atoms in total. The highest BCUT2D eigenvalue weighted by Gasteiger charge is 2.31. The third kappa shape index (κ3) is 6.23. The van der Waals surface area contributed by atoms with Gasteiger partial charge in [0.2, 0.25) is 5.91 Å². The van der Waals surface area contributed by atoms with Crippen molar-refractivity contribution in [1.82, 2.24) is 15.1 Å². The van der Waals surface area contributed by atoms with Gasteiger partial charge >= 0.3 is 12.2 Å². The Bertz CT molecular complexity index is 1460. The lowest BCUT2D eigenvalue weighted by atomic mass is 9.92. The SMILES string of the molecule is Cc1ccc(NC(=O)Nc2cccc(C(F)(F)F)c2)cc1-n1cc(C2C=NC=CC2NC(=O)C2CCOC2)cn1. The highest BCUT2D eigenvalue weighted by molar-refractivity contribution is 6.00. The second-order valence-corrected chi connectivity index (χ2v) is 9.64. The van der Waals surface area contributed by atoms with E-state index in [4.69, 9.17) is 4.74 Å². The number of carbonyl (C=O) groups excluding carboxylic acids is 2. The summed E-state index contributed by atoms with van der Waals surface area (Å²) in [6.45, 7) is 2.89. The van der Waals surface area contributed by atoms with Crippen molar-refractivity contribution in [3.8, 4) is 5.69 Å². The molecule has 0 radical (unpaired) electrons. The zero-order chi connectivity index (χ0) is 28.3. The number of halogens is 3. The van der Waals surface area contributed by atoms with E-state index < -0.39 is 17.8 Å². The Labute approximate surface area is 228 Å². The minimum absolute atomic E-state index is 0.0154. The third-order valence-electron chi connectivity index (χ3n) is 6.77. The zero-order valence-corrected chi connectivity index (χ0v) is 21.5. The van der Waals surface area contributed by atoms with E-state index in [9.17, 15) is 22.8 Å². The molecule has 0 saturated carbocycles. The van der Waals surface area contributed by atoms with Crippen LogP contribution in [0.4, 0.5) is 29.3 Å². The van der Waals surface area contributed by atoms with Gasteiger partial charge in [-0.1, -0.05) is 12.1 Å². The highest BCUT2D eigenvalue weighted by Crippen LogP contribution is 2.31. The molecule has 0 bridgehead atoms. The molecule has 2 aliphatic rings. The summed E-state index contributed by atoms with van der Waals surface area (Å²) in [6.07, 6.45) is 4.98. The average Bonchev–Trinajstić information content (AvgIpc) is 3.63. The lowest BCUT2D eigenvalue weighted by Crippen LogP contribution is -2.42. The minimum atomic E-state index is -4.51. The predicted octanol–water partition coefficient (Wildman–Crippen LogP) is 5.05. The van der Waals surface area contributed by atoms with E-state index >= 15 is 0 Å². The van der Waals surface area contributed by atoms with Gasteiger partial charge < -0.3 is 20.7 Å². The van der Waals surface area contributed by atoms with Gasteiger partial charge in [0.25, 0.3) is 0 Å². The second-order valence-electron chi connectivity index (χ2n) is 9.64. The molecule has 5 rings (SSSR count). The van der Waals surface area contributed by atoms with Crippen molar-refractivity contribution in [2.75, 3.05) is 23.8 Å². The molecular formula is C28H27F3N6O3. The number of nitrogens with zero attached hydrogens (tertiary/aromatic N) is 3. The summed E-state index contributed by atoms with van der Waals surface area (Å²) in [5.74, 6) is -0.456. The molecule has 3 amide bonds. The Morgan fingerprint density at radius 1 is 1.10 bits per heavy atom. The highest BCUT2D eigenvalue weighted by atomic mass is 19.4. The molecule has 1 saturated heterocycles. The fourth-order valence-corrected chi connectivity index (χ4v) is 4.59. The number of carbonyl (C=O) groups is 2. The van der Waals surface area contributed by atoms with Crippen LogP contribution in [0.15, 0.2) is 72.1 Å². The molecule has 3 heterocycles. The summed E-state index contributed by atoms with van der Waals surface area (Å²) in [5, 5.41) is 12.7. The smallest absolute Gasteiger partial charge is 0.381 e. The molecule has 3 N–H and O–H groups in total. The van der Waals surface area contributed by atoms with E-state index in [0.717, 1.165) is 23.3 Å². The van der Waals surface area contributed by atoms with Crippen LogP contribution < -0.4 is 16.0 Å². The molecular weight excluding hydrogens is 525 g/mol. The van der Waals surface area contributed by atoms with Gasteiger partial charge in [0.1, 0.15) is 0 Å². The first kappa shape index (κ1) is 27.1. The van der Waals surface area contributed by atoms with Crippen LogP contribution in [0.1, 0.15) is 29.0 Å². The number of hydrogen-bond donors (Lipinski definition) is 3. The van der Waals surface area contributed by atoms with Crippen molar-refractivity contribution >= 4 is 29.5 Å². The number of hydrogen-bond acceptors (Lipinski definition) is 5. The molecule has 1 aromatic heterocycles. The topological polar surface area (TPSA) is 110 Å². The van der Waals surface area contributed by atoms with Gasteiger partial charge in [0.05, 0.1) is 36.0 Å². The summed E-state index contributed by atoms with van der Waals surface area (Å²) in [4.78, 5) is 29.5. The van der Waals surface area contributed by atoms with Crippen molar-refractivity contribution in [2.24, 2.45) is 10.9 Å². The van der Waals surface area contributed by atoms with Gasteiger partial charge in [-0.05, 0) is 55.3 Å². The molecule has 0 aliphatic carbocycles. The Balaban J connectivity index is 1.29. The number of alkyl halides is 3. The number of ether oxygens (including phenoxy) is 1. The van der Waals surface area contributed by atoms with Crippen LogP contribution in [0.3, 0.4) is 0 Å². The summed E-state index contributed by atoms with van der Waals surface area (Å²) in [6, 6.07) is 8.62. The Morgan fingerprint density at radius 2 is 1.90 bits per heavy atom. The summed E-state index contributed by atoms with van der Waals surface area (Å²) >= 11 is 0. The number of rotatable bonds is 6. The van der Waals surface area contributed by atoms with E-state index in [0.29, 0.717) is 31.0 Å². The zero-order valence-electron chi connectivity index (χ0n) is 21.5. The summed E-state index contributed by atoms with van der Waals surface area (Å²) < 4.78 is 46.0. The lowest BCUT2D eigenvalue weighted by Gasteiger charge is -2.24. The Hall–Kier alpha value is -4.45. The minimum Gasteiger partial charge on any atom is -0.381 e. The molecule has 3 aromatic rings. The maximum Gasteiger partial charge on any atom is 0.416 e. The number of anilines is 2. The van der Waals surface area contributed by atoms with Crippen molar-refractivity contribution < 1.29 is 27.5 Å². The van der Waals surface area contributed by atoms with Crippen LogP contribution in [-0.2, 0) is 15.7 Å². The second kappa shape index (κ2) is 11.3. The van der Waals surface area contributed by atoms with E-state index in [1.807, 2.05) is 19.2 Å².